The number of amides is 2. The van der Waals surface area contributed by atoms with Crippen LogP contribution >= 0.6 is 0 Å². The molecule has 18 heavy (non-hydrogen) atoms. The molecule has 0 aliphatic heterocycles. The van der Waals surface area contributed by atoms with Crippen molar-refractivity contribution in [1.82, 2.24) is 16.0 Å². The number of carboxylic acids is 1. The molecule has 0 heterocycles. The number of urea groups is 1. The van der Waals surface area contributed by atoms with Gasteiger partial charge in [-0.05, 0) is 38.8 Å². The third kappa shape index (κ3) is 5.35. The number of rotatable bonds is 7. The minimum atomic E-state index is -0.759. The van der Waals surface area contributed by atoms with Crippen molar-refractivity contribution in [2.75, 3.05) is 19.6 Å². The van der Waals surface area contributed by atoms with Gasteiger partial charge >= 0.3 is 12.0 Å². The number of hydrogen-bond donors (Lipinski definition) is 4. The third-order valence-corrected chi connectivity index (χ3v) is 3.18. The zero-order chi connectivity index (χ0) is 13.4. The third-order valence-electron chi connectivity index (χ3n) is 3.18. The van der Waals surface area contributed by atoms with E-state index in [-0.39, 0.29) is 18.0 Å². The van der Waals surface area contributed by atoms with Crippen molar-refractivity contribution < 1.29 is 14.7 Å². The standard InChI is InChI=1S/C12H23N3O3/c1-2-13-6-3-7-14-12(18)15-10-5-4-9(8-10)11(16)17/h9-10,13H,2-8H2,1H3,(H,16,17)(H2,14,15,18). The summed E-state index contributed by atoms with van der Waals surface area (Å²) in [6.07, 6.45) is 2.84. The number of hydrogen-bond acceptors (Lipinski definition) is 3. The Hall–Kier alpha value is -1.30. The molecule has 1 rings (SSSR count). The van der Waals surface area contributed by atoms with Gasteiger partial charge in [-0.3, -0.25) is 4.79 Å². The molecule has 0 saturated heterocycles. The predicted molar refractivity (Wildman–Crippen MR) is 68.5 cm³/mol. The molecule has 1 aliphatic carbocycles. The summed E-state index contributed by atoms with van der Waals surface area (Å²) in [6.45, 7) is 4.50. The average molecular weight is 257 g/mol. The van der Waals surface area contributed by atoms with Crippen LogP contribution in [-0.4, -0.2) is 42.8 Å². The van der Waals surface area contributed by atoms with E-state index in [0.29, 0.717) is 19.4 Å². The first-order valence-electron chi connectivity index (χ1n) is 6.61. The molecule has 0 aromatic carbocycles. The second-order valence-corrected chi connectivity index (χ2v) is 4.65. The molecular weight excluding hydrogens is 234 g/mol. The average Bonchev–Trinajstić information content (AvgIpc) is 2.77. The molecule has 4 N–H and O–H groups in total. The van der Waals surface area contributed by atoms with E-state index in [1.165, 1.54) is 0 Å². The van der Waals surface area contributed by atoms with Gasteiger partial charge in [0.15, 0.2) is 0 Å². The van der Waals surface area contributed by atoms with Gasteiger partial charge in [-0.15, -0.1) is 0 Å². The molecule has 6 nitrogen and oxygen atoms in total. The van der Waals surface area contributed by atoms with E-state index in [1.807, 2.05) is 6.92 Å². The van der Waals surface area contributed by atoms with Gasteiger partial charge in [-0.25, -0.2) is 4.79 Å². The molecule has 1 saturated carbocycles. The summed E-state index contributed by atoms with van der Waals surface area (Å²) in [7, 11) is 0. The highest BCUT2D eigenvalue weighted by molar-refractivity contribution is 5.75. The summed E-state index contributed by atoms with van der Waals surface area (Å²) >= 11 is 0. The van der Waals surface area contributed by atoms with Crippen LogP contribution in [0.1, 0.15) is 32.6 Å². The summed E-state index contributed by atoms with van der Waals surface area (Å²) < 4.78 is 0. The van der Waals surface area contributed by atoms with Gasteiger partial charge in [-0.2, -0.15) is 0 Å². The molecule has 2 amide bonds. The van der Waals surface area contributed by atoms with Crippen LogP contribution in [0.15, 0.2) is 0 Å². The lowest BCUT2D eigenvalue weighted by atomic mass is 10.1. The normalized spacial score (nSPS) is 22.7. The maximum Gasteiger partial charge on any atom is 0.315 e. The van der Waals surface area contributed by atoms with Crippen molar-refractivity contribution in [2.45, 2.75) is 38.6 Å². The van der Waals surface area contributed by atoms with E-state index >= 15 is 0 Å². The molecule has 0 aromatic heterocycles. The van der Waals surface area contributed by atoms with Crippen LogP contribution in [0.2, 0.25) is 0 Å². The van der Waals surface area contributed by atoms with Crippen molar-refractivity contribution in [3.63, 3.8) is 0 Å². The summed E-state index contributed by atoms with van der Waals surface area (Å²) in [5.41, 5.74) is 0. The summed E-state index contributed by atoms with van der Waals surface area (Å²) in [4.78, 5) is 22.3. The lowest BCUT2D eigenvalue weighted by Gasteiger charge is -2.13. The minimum Gasteiger partial charge on any atom is -0.481 e. The Morgan fingerprint density at radius 3 is 2.67 bits per heavy atom. The van der Waals surface area contributed by atoms with Gasteiger partial charge < -0.3 is 21.1 Å². The second-order valence-electron chi connectivity index (χ2n) is 4.65. The van der Waals surface area contributed by atoms with Crippen LogP contribution in [0.3, 0.4) is 0 Å². The SMILES string of the molecule is CCNCCCNC(=O)NC1CCC(C(=O)O)C1. The Morgan fingerprint density at radius 2 is 2.06 bits per heavy atom. The first kappa shape index (κ1) is 14.8. The van der Waals surface area contributed by atoms with Crippen LogP contribution in [0.25, 0.3) is 0 Å². The number of carboxylic acid groups (broad SMARTS) is 1. The van der Waals surface area contributed by atoms with Gasteiger partial charge in [0.05, 0.1) is 5.92 Å². The molecule has 1 fully saturated rings. The summed E-state index contributed by atoms with van der Waals surface area (Å²) in [5.74, 6) is -1.06. The lowest BCUT2D eigenvalue weighted by Crippen LogP contribution is -2.42. The largest absolute Gasteiger partial charge is 0.481 e. The fourth-order valence-corrected chi connectivity index (χ4v) is 2.17. The Morgan fingerprint density at radius 1 is 1.28 bits per heavy atom. The van der Waals surface area contributed by atoms with Crippen molar-refractivity contribution in [2.24, 2.45) is 5.92 Å². The van der Waals surface area contributed by atoms with Crippen molar-refractivity contribution >= 4 is 12.0 Å². The quantitative estimate of drug-likeness (QED) is 0.501. The Bertz CT molecular complexity index is 284. The molecule has 0 radical (unpaired) electrons. The van der Waals surface area contributed by atoms with Gasteiger partial charge in [-0.1, -0.05) is 6.92 Å². The van der Waals surface area contributed by atoms with E-state index in [2.05, 4.69) is 16.0 Å². The molecular formula is C12H23N3O3. The maximum absolute atomic E-state index is 11.5. The highest BCUT2D eigenvalue weighted by atomic mass is 16.4. The lowest BCUT2D eigenvalue weighted by molar-refractivity contribution is -0.141. The monoisotopic (exact) mass is 257 g/mol. The Kier molecular flexibility index (Phi) is 6.49. The first-order chi connectivity index (χ1) is 8.63. The van der Waals surface area contributed by atoms with Crippen molar-refractivity contribution in [3.8, 4) is 0 Å². The molecule has 2 unspecified atom stereocenters. The molecule has 0 aromatic rings. The van der Waals surface area contributed by atoms with Crippen molar-refractivity contribution in [3.05, 3.63) is 0 Å². The number of carbonyl (C=O) groups excluding carboxylic acids is 1. The molecule has 2 atom stereocenters. The zero-order valence-electron chi connectivity index (χ0n) is 10.9. The maximum atomic E-state index is 11.5. The van der Waals surface area contributed by atoms with E-state index in [9.17, 15) is 9.59 Å². The van der Waals surface area contributed by atoms with E-state index in [0.717, 1.165) is 25.9 Å². The number of aliphatic carboxylic acids is 1. The number of nitrogens with one attached hydrogen (secondary N) is 3. The van der Waals surface area contributed by atoms with Gasteiger partial charge in [0.1, 0.15) is 0 Å². The zero-order valence-corrected chi connectivity index (χ0v) is 10.9. The summed E-state index contributed by atoms with van der Waals surface area (Å²) in [6, 6.07) is -0.192. The van der Waals surface area contributed by atoms with Crippen LogP contribution in [-0.2, 0) is 4.79 Å². The predicted octanol–water partition coefficient (Wildman–Crippen LogP) is 0.539. The number of carbonyl (C=O) groups is 2. The van der Waals surface area contributed by atoms with E-state index < -0.39 is 5.97 Å². The topological polar surface area (TPSA) is 90.5 Å². The van der Waals surface area contributed by atoms with Gasteiger partial charge in [0.25, 0.3) is 0 Å². The van der Waals surface area contributed by atoms with E-state index in [1.54, 1.807) is 0 Å². The van der Waals surface area contributed by atoms with Crippen LogP contribution in [0.4, 0.5) is 4.79 Å². The highest BCUT2D eigenvalue weighted by Crippen LogP contribution is 2.25. The van der Waals surface area contributed by atoms with Gasteiger partial charge in [0.2, 0.25) is 0 Å². The molecule has 104 valence electrons. The first-order valence-corrected chi connectivity index (χ1v) is 6.61. The molecule has 0 bridgehead atoms. The highest BCUT2D eigenvalue weighted by Gasteiger charge is 2.30. The molecule has 1 aliphatic rings. The fraction of sp³-hybridized carbons (Fsp3) is 0.833. The second kappa shape index (κ2) is 7.92. The van der Waals surface area contributed by atoms with Gasteiger partial charge in [0, 0.05) is 12.6 Å². The Balaban J connectivity index is 2.08. The summed E-state index contributed by atoms with van der Waals surface area (Å²) in [5, 5.41) is 17.6. The van der Waals surface area contributed by atoms with Crippen LogP contribution in [0, 0.1) is 5.92 Å². The van der Waals surface area contributed by atoms with Crippen molar-refractivity contribution in [1.29, 1.82) is 0 Å². The minimum absolute atomic E-state index is 0.000123. The van der Waals surface area contributed by atoms with Crippen LogP contribution in [0.5, 0.6) is 0 Å². The van der Waals surface area contributed by atoms with Crippen LogP contribution < -0.4 is 16.0 Å². The fourth-order valence-electron chi connectivity index (χ4n) is 2.17. The Labute approximate surface area is 108 Å². The molecule has 6 heteroatoms. The molecule has 0 spiro atoms. The van der Waals surface area contributed by atoms with E-state index in [4.69, 9.17) is 5.11 Å². The smallest absolute Gasteiger partial charge is 0.315 e.